The second-order valence-corrected chi connectivity index (χ2v) is 4.55. The van der Waals surface area contributed by atoms with Gasteiger partial charge >= 0.3 is 0 Å². The van der Waals surface area contributed by atoms with Gasteiger partial charge in [-0.25, -0.2) is 0 Å². The Morgan fingerprint density at radius 3 is 3.06 bits per heavy atom. The number of hydrogen-bond donors (Lipinski definition) is 3. The van der Waals surface area contributed by atoms with Crippen molar-refractivity contribution in [3.05, 3.63) is 24.0 Å². The second-order valence-electron chi connectivity index (χ2n) is 3.46. The van der Waals surface area contributed by atoms with E-state index in [0.717, 1.165) is 10.6 Å². The van der Waals surface area contributed by atoms with Crippen LogP contribution in [-0.2, 0) is 0 Å². The van der Waals surface area contributed by atoms with Gasteiger partial charge in [0.15, 0.2) is 5.84 Å². The summed E-state index contributed by atoms with van der Waals surface area (Å²) in [5.74, 6) is 1.05. The van der Waals surface area contributed by atoms with Gasteiger partial charge in [-0.3, -0.25) is 4.98 Å². The van der Waals surface area contributed by atoms with E-state index in [2.05, 4.69) is 10.1 Å². The molecule has 1 atom stereocenters. The molecule has 0 aromatic carbocycles. The van der Waals surface area contributed by atoms with E-state index in [4.69, 9.17) is 16.0 Å². The smallest absolute Gasteiger partial charge is 0.188 e. The van der Waals surface area contributed by atoms with Crippen LogP contribution in [0.5, 0.6) is 0 Å². The molecule has 0 aliphatic carbocycles. The largest absolute Gasteiger partial charge is 0.409 e. The molecule has 1 aromatic heterocycles. The minimum absolute atomic E-state index is 0.00217. The monoisotopic (exact) mass is 241 g/mol. The topological polar surface area (TPSA) is 91.7 Å². The van der Waals surface area contributed by atoms with Crippen molar-refractivity contribution in [3.63, 3.8) is 0 Å². The third kappa shape index (κ3) is 3.71. The number of nitrogens with zero attached hydrogens (tertiary/aromatic N) is 2. The van der Waals surface area contributed by atoms with E-state index in [1.807, 2.05) is 13.0 Å². The molecule has 16 heavy (non-hydrogen) atoms. The summed E-state index contributed by atoms with van der Waals surface area (Å²) in [6.45, 7) is 2.14. The maximum atomic E-state index is 8.90. The normalized spacial score (nSPS) is 13.8. The maximum Gasteiger partial charge on any atom is 0.188 e. The summed E-state index contributed by atoms with van der Waals surface area (Å²) < 4.78 is 0. The summed E-state index contributed by atoms with van der Waals surface area (Å²) in [5, 5.41) is 20.3. The van der Waals surface area contributed by atoms with E-state index in [0.29, 0.717) is 5.69 Å². The van der Waals surface area contributed by atoms with Crippen LogP contribution in [0, 0.1) is 5.92 Å². The zero-order valence-electron chi connectivity index (χ0n) is 9.00. The molecule has 4 N–H and O–H groups in total. The molecular weight excluding hydrogens is 226 g/mol. The lowest BCUT2D eigenvalue weighted by molar-refractivity contribution is 0.250. The second kappa shape index (κ2) is 6.34. The number of nitrogens with two attached hydrogens (primary N) is 1. The molecule has 0 fully saturated rings. The van der Waals surface area contributed by atoms with E-state index in [-0.39, 0.29) is 18.4 Å². The van der Waals surface area contributed by atoms with Crippen LogP contribution in [0.1, 0.15) is 12.6 Å². The van der Waals surface area contributed by atoms with Crippen LogP contribution in [0.15, 0.2) is 28.4 Å². The first kappa shape index (κ1) is 12.8. The fourth-order valence-electron chi connectivity index (χ4n) is 0.983. The number of aromatic nitrogens is 1. The summed E-state index contributed by atoms with van der Waals surface area (Å²) in [5.41, 5.74) is 5.88. The van der Waals surface area contributed by atoms with E-state index in [1.54, 1.807) is 24.0 Å². The molecule has 88 valence electrons. The Labute approximate surface area is 98.4 Å². The van der Waals surface area contributed by atoms with Gasteiger partial charge in [-0.2, -0.15) is 0 Å². The first-order valence-electron chi connectivity index (χ1n) is 4.85. The van der Waals surface area contributed by atoms with E-state index < -0.39 is 0 Å². The first-order valence-corrected chi connectivity index (χ1v) is 5.83. The third-order valence-corrected chi connectivity index (χ3v) is 3.27. The highest BCUT2D eigenvalue weighted by molar-refractivity contribution is 7.99. The molecule has 0 aliphatic rings. The van der Waals surface area contributed by atoms with Crippen molar-refractivity contribution in [1.82, 2.24) is 4.98 Å². The van der Waals surface area contributed by atoms with Gasteiger partial charge in [-0.05, 0) is 18.1 Å². The van der Waals surface area contributed by atoms with Crippen LogP contribution >= 0.6 is 11.8 Å². The number of oxime groups is 1. The molecule has 1 heterocycles. The molecule has 1 unspecified atom stereocenters. The van der Waals surface area contributed by atoms with Crippen molar-refractivity contribution in [1.29, 1.82) is 0 Å². The molecule has 1 rings (SSSR count). The van der Waals surface area contributed by atoms with Gasteiger partial charge in [-0.15, -0.1) is 11.8 Å². The van der Waals surface area contributed by atoms with E-state index >= 15 is 0 Å². The highest BCUT2D eigenvalue weighted by Crippen LogP contribution is 2.20. The molecule has 0 radical (unpaired) electrons. The summed E-state index contributed by atoms with van der Waals surface area (Å²) in [7, 11) is 0. The molecule has 0 saturated carbocycles. The van der Waals surface area contributed by atoms with Crippen LogP contribution in [0.3, 0.4) is 0 Å². The Kier molecular flexibility index (Phi) is 5.07. The summed E-state index contributed by atoms with van der Waals surface area (Å²) in [6.07, 6.45) is 1.61. The van der Waals surface area contributed by atoms with Crippen molar-refractivity contribution in [3.8, 4) is 0 Å². The Morgan fingerprint density at radius 1 is 1.69 bits per heavy atom. The van der Waals surface area contributed by atoms with Crippen molar-refractivity contribution in [2.75, 3.05) is 12.4 Å². The lowest BCUT2D eigenvalue weighted by atomic mass is 10.2. The Morgan fingerprint density at radius 2 is 2.44 bits per heavy atom. The molecule has 6 heteroatoms. The fourth-order valence-corrected chi connectivity index (χ4v) is 1.92. The highest BCUT2D eigenvalue weighted by atomic mass is 32.2. The highest BCUT2D eigenvalue weighted by Gasteiger charge is 2.05. The number of aliphatic hydroxyl groups is 1. The lowest BCUT2D eigenvalue weighted by Gasteiger charge is -2.07. The Hall–Kier alpha value is -1.27. The minimum atomic E-state index is -0.00217. The quantitative estimate of drug-likeness (QED) is 0.234. The standard InChI is InChI=1S/C10H15N3O2S/c1-7(5-14)6-16-8-2-3-12-9(4-8)10(11)13-15/h2-4,7,14-15H,5-6H2,1H3,(H2,11,13). The number of hydrogen-bond acceptors (Lipinski definition) is 5. The van der Waals surface area contributed by atoms with Crippen LogP contribution in [0.2, 0.25) is 0 Å². The van der Waals surface area contributed by atoms with Crippen LogP contribution < -0.4 is 5.73 Å². The van der Waals surface area contributed by atoms with E-state index in [9.17, 15) is 0 Å². The van der Waals surface area contributed by atoms with Gasteiger partial charge in [0.05, 0.1) is 0 Å². The predicted octanol–water partition coefficient (Wildman–Crippen LogP) is 0.897. The number of rotatable bonds is 5. The summed E-state index contributed by atoms with van der Waals surface area (Å²) in [6, 6.07) is 3.60. The summed E-state index contributed by atoms with van der Waals surface area (Å²) in [4.78, 5) is 4.96. The number of thioether (sulfide) groups is 1. The number of amidine groups is 1. The Bertz CT molecular complexity index is 371. The van der Waals surface area contributed by atoms with Gasteiger partial charge in [0.25, 0.3) is 0 Å². The van der Waals surface area contributed by atoms with Crippen molar-refractivity contribution in [2.45, 2.75) is 11.8 Å². The average Bonchev–Trinajstić information content (AvgIpc) is 2.35. The molecule has 0 saturated heterocycles. The molecule has 0 bridgehead atoms. The van der Waals surface area contributed by atoms with Gasteiger partial charge < -0.3 is 16.0 Å². The number of aliphatic hydroxyl groups excluding tert-OH is 1. The molecule has 0 spiro atoms. The van der Waals surface area contributed by atoms with Crippen LogP contribution in [0.25, 0.3) is 0 Å². The minimum Gasteiger partial charge on any atom is -0.409 e. The molecule has 1 aromatic rings. The SMILES string of the molecule is CC(CO)CSc1ccnc(C(N)=NO)c1. The van der Waals surface area contributed by atoms with Gasteiger partial charge in [-0.1, -0.05) is 12.1 Å². The average molecular weight is 241 g/mol. The molecule has 5 nitrogen and oxygen atoms in total. The predicted molar refractivity (Wildman–Crippen MR) is 63.7 cm³/mol. The van der Waals surface area contributed by atoms with Gasteiger partial charge in [0.2, 0.25) is 0 Å². The molecule has 0 amide bonds. The Balaban J connectivity index is 2.68. The molecular formula is C10H15N3O2S. The third-order valence-electron chi connectivity index (χ3n) is 1.95. The molecule has 0 aliphatic heterocycles. The zero-order chi connectivity index (χ0) is 12.0. The lowest BCUT2D eigenvalue weighted by Crippen LogP contribution is -2.14. The maximum absolute atomic E-state index is 8.90. The zero-order valence-corrected chi connectivity index (χ0v) is 9.81. The fraction of sp³-hybridized carbons (Fsp3) is 0.400. The van der Waals surface area contributed by atoms with Crippen molar-refractivity contribution < 1.29 is 10.3 Å². The summed E-state index contributed by atoms with van der Waals surface area (Å²) >= 11 is 1.60. The van der Waals surface area contributed by atoms with Crippen LogP contribution in [-0.4, -0.2) is 33.5 Å². The van der Waals surface area contributed by atoms with Gasteiger partial charge in [0.1, 0.15) is 5.69 Å². The van der Waals surface area contributed by atoms with Gasteiger partial charge in [0, 0.05) is 23.5 Å². The first-order chi connectivity index (χ1) is 7.67. The number of pyridine rings is 1. The van der Waals surface area contributed by atoms with E-state index in [1.165, 1.54) is 0 Å². The van der Waals surface area contributed by atoms with Crippen molar-refractivity contribution >= 4 is 17.6 Å². The van der Waals surface area contributed by atoms with Crippen LogP contribution in [0.4, 0.5) is 0 Å². The van der Waals surface area contributed by atoms with Crippen molar-refractivity contribution in [2.24, 2.45) is 16.8 Å².